The normalized spacial score (nSPS) is 13.7. The van der Waals surface area contributed by atoms with Gasteiger partial charge in [0.15, 0.2) is 0 Å². The van der Waals surface area contributed by atoms with Gasteiger partial charge in [-0.2, -0.15) is 0 Å². The number of aryl methyl sites for hydroxylation is 1. The van der Waals surface area contributed by atoms with Crippen LogP contribution >= 0.6 is 11.3 Å². The molecule has 0 fully saturated rings. The van der Waals surface area contributed by atoms with Gasteiger partial charge in [0.2, 0.25) is 0 Å². The lowest BCUT2D eigenvalue weighted by Gasteiger charge is -2.18. The van der Waals surface area contributed by atoms with Gasteiger partial charge in [-0.05, 0) is 42.3 Å². The first-order valence-corrected chi connectivity index (χ1v) is 8.10. The van der Waals surface area contributed by atoms with Crippen molar-refractivity contribution in [3.63, 3.8) is 0 Å². The van der Waals surface area contributed by atoms with E-state index in [1.165, 1.54) is 11.3 Å². The minimum atomic E-state index is -0.560. The lowest BCUT2D eigenvalue weighted by Crippen LogP contribution is -2.33. The minimum Gasteiger partial charge on any atom is -0.388 e. The number of hydrogen-bond acceptors (Lipinski definition) is 3. The number of aliphatic hydroxyl groups excluding tert-OH is 1. The van der Waals surface area contributed by atoms with Gasteiger partial charge in [0.1, 0.15) is 0 Å². The molecular weight excluding hydrogens is 282 g/mol. The van der Waals surface area contributed by atoms with Crippen molar-refractivity contribution in [1.82, 2.24) is 5.32 Å². The highest BCUT2D eigenvalue weighted by Gasteiger charge is 2.17. The van der Waals surface area contributed by atoms with Crippen LogP contribution in [-0.4, -0.2) is 17.1 Å². The predicted molar refractivity (Wildman–Crippen MR) is 86.6 cm³/mol. The molecular formula is C17H21NO2S. The standard InChI is InChI=1S/C17H21NO2S/c1-3-13-9-10-21-16(13)17(20)18-12(2)11-15(19)14-7-5-4-6-8-14/h4-10,12,15,19H,3,11H2,1-2H3,(H,18,20). The van der Waals surface area contributed by atoms with Crippen molar-refractivity contribution >= 4 is 17.2 Å². The number of aliphatic hydroxyl groups is 1. The topological polar surface area (TPSA) is 49.3 Å². The molecule has 0 aliphatic heterocycles. The molecule has 0 bridgehead atoms. The van der Waals surface area contributed by atoms with E-state index in [0.717, 1.165) is 22.4 Å². The van der Waals surface area contributed by atoms with Gasteiger partial charge >= 0.3 is 0 Å². The average molecular weight is 303 g/mol. The summed E-state index contributed by atoms with van der Waals surface area (Å²) >= 11 is 1.46. The molecule has 2 rings (SSSR count). The fourth-order valence-corrected chi connectivity index (χ4v) is 3.21. The molecule has 2 aromatic rings. The molecule has 0 saturated heterocycles. The molecule has 2 N–H and O–H groups in total. The summed E-state index contributed by atoms with van der Waals surface area (Å²) in [6.45, 7) is 3.96. The molecule has 4 heteroatoms. The highest BCUT2D eigenvalue weighted by Crippen LogP contribution is 2.20. The quantitative estimate of drug-likeness (QED) is 0.857. The smallest absolute Gasteiger partial charge is 0.261 e. The summed E-state index contributed by atoms with van der Waals surface area (Å²) in [6.07, 6.45) is 0.797. The second kappa shape index (κ2) is 7.38. The second-order valence-electron chi connectivity index (χ2n) is 5.17. The maximum Gasteiger partial charge on any atom is 0.261 e. The number of thiophene rings is 1. The van der Waals surface area contributed by atoms with Crippen LogP contribution in [0.2, 0.25) is 0 Å². The number of hydrogen-bond donors (Lipinski definition) is 2. The van der Waals surface area contributed by atoms with E-state index in [9.17, 15) is 9.90 Å². The number of carbonyl (C=O) groups is 1. The maximum atomic E-state index is 12.2. The molecule has 21 heavy (non-hydrogen) atoms. The van der Waals surface area contributed by atoms with Gasteiger partial charge < -0.3 is 10.4 Å². The summed E-state index contributed by atoms with van der Waals surface area (Å²) in [5.41, 5.74) is 1.96. The summed E-state index contributed by atoms with van der Waals surface area (Å²) < 4.78 is 0. The minimum absolute atomic E-state index is 0.0467. The Labute approximate surface area is 129 Å². The lowest BCUT2D eigenvalue weighted by atomic mass is 10.0. The van der Waals surface area contributed by atoms with Crippen LogP contribution < -0.4 is 5.32 Å². The molecule has 0 aliphatic rings. The van der Waals surface area contributed by atoms with Crippen molar-refractivity contribution in [3.8, 4) is 0 Å². The number of nitrogens with one attached hydrogen (secondary N) is 1. The van der Waals surface area contributed by atoms with Crippen LogP contribution in [0.4, 0.5) is 0 Å². The van der Waals surface area contributed by atoms with Crippen LogP contribution in [-0.2, 0) is 6.42 Å². The molecule has 1 heterocycles. The Morgan fingerprint density at radius 1 is 1.29 bits per heavy atom. The van der Waals surface area contributed by atoms with Gasteiger partial charge in [-0.1, -0.05) is 37.3 Å². The Morgan fingerprint density at radius 2 is 2.00 bits per heavy atom. The van der Waals surface area contributed by atoms with Gasteiger partial charge in [0.05, 0.1) is 11.0 Å². The van der Waals surface area contributed by atoms with E-state index < -0.39 is 6.10 Å². The van der Waals surface area contributed by atoms with Gasteiger partial charge in [0.25, 0.3) is 5.91 Å². The van der Waals surface area contributed by atoms with E-state index in [1.54, 1.807) is 0 Å². The van der Waals surface area contributed by atoms with Gasteiger partial charge in [-0.15, -0.1) is 11.3 Å². The Kier molecular flexibility index (Phi) is 5.53. The highest BCUT2D eigenvalue weighted by molar-refractivity contribution is 7.12. The third kappa shape index (κ3) is 4.16. The summed E-state index contributed by atoms with van der Waals surface area (Å²) in [5, 5.41) is 15.1. The first-order chi connectivity index (χ1) is 10.1. The zero-order valence-corrected chi connectivity index (χ0v) is 13.2. The molecule has 1 aromatic heterocycles. The Morgan fingerprint density at radius 3 is 2.67 bits per heavy atom. The number of amides is 1. The van der Waals surface area contributed by atoms with Crippen molar-refractivity contribution in [2.75, 3.05) is 0 Å². The van der Waals surface area contributed by atoms with E-state index >= 15 is 0 Å². The number of carbonyl (C=O) groups excluding carboxylic acids is 1. The van der Waals surface area contributed by atoms with E-state index in [-0.39, 0.29) is 11.9 Å². The summed E-state index contributed by atoms with van der Waals surface area (Å²) in [6, 6.07) is 11.4. The van der Waals surface area contributed by atoms with Crippen LogP contribution in [0.3, 0.4) is 0 Å². The lowest BCUT2D eigenvalue weighted by molar-refractivity contribution is 0.0920. The summed E-state index contributed by atoms with van der Waals surface area (Å²) in [4.78, 5) is 13.0. The molecule has 2 unspecified atom stereocenters. The largest absolute Gasteiger partial charge is 0.388 e. The third-order valence-electron chi connectivity index (χ3n) is 3.47. The number of benzene rings is 1. The van der Waals surface area contributed by atoms with Crippen LogP contribution in [0, 0.1) is 0 Å². The summed E-state index contributed by atoms with van der Waals surface area (Å²) in [7, 11) is 0. The zero-order chi connectivity index (χ0) is 15.2. The highest BCUT2D eigenvalue weighted by atomic mass is 32.1. The fraction of sp³-hybridized carbons (Fsp3) is 0.353. The predicted octanol–water partition coefficient (Wildman–Crippen LogP) is 3.55. The third-order valence-corrected chi connectivity index (χ3v) is 4.43. The van der Waals surface area contributed by atoms with Crippen LogP contribution in [0.15, 0.2) is 41.8 Å². The molecule has 112 valence electrons. The monoisotopic (exact) mass is 303 g/mol. The van der Waals surface area contributed by atoms with Gasteiger partial charge in [-0.25, -0.2) is 0 Å². The van der Waals surface area contributed by atoms with Crippen molar-refractivity contribution in [3.05, 3.63) is 57.8 Å². The van der Waals surface area contributed by atoms with E-state index in [1.807, 2.05) is 55.6 Å². The molecule has 0 spiro atoms. The molecule has 0 aliphatic carbocycles. The van der Waals surface area contributed by atoms with E-state index in [0.29, 0.717) is 6.42 Å². The first kappa shape index (κ1) is 15.7. The molecule has 3 nitrogen and oxygen atoms in total. The van der Waals surface area contributed by atoms with Crippen LogP contribution in [0.1, 0.15) is 47.2 Å². The van der Waals surface area contributed by atoms with Crippen molar-refractivity contribution in [1.29, 1.82) is 0 Å². The van der Waals surface area contributed by atoms with E-state index in [2.05, 4.69) is 5.32 Å². The molecule has 2 atom stereocenters. The first-order valence-electron chi connectivity index (χ1n) is 7.22. The Balaban J connectivity index is 1.93. The zero-order valence-electron chi connectivity index (χ0n) is 12.4. The SMILES string of the molecule is CCc1ccsc1C(=O)NC(C)CC(O)c1ccccc1. The molecule has 0 radical (unpaired) electrons. The molecule has 0 saturated carbocycles. The average Bonchev–Trinajstić information content (AvgIpc) is 2.96. The summed E-state index contributed by atoms with van der Waals surface area (Å²) in [5.74, 6) is -0.0467. The van der Waals surface area contributed by atoms with Crippen LogP contribution in [0.25, 0.3) is 0 Å². The van der Waals surface area contributed by atoms with Crippen molar-refractivity contribution in [2.24, 2.45) is 0 Å². The van der Waals surface area contributed by atoms with Gasteiger partial charge in [0, 0.05) is 6.04 Å². The van der Waals surface area contributed by atoms with Crippen molar-refractivity contribution in [2.45, 2.75) is 38.8 Å². The second-order valence-corrected chi connectivity index (χ2v) is 6.08. The van der Waals surface area contributed by atoms with E-state index in [4.69, 9.17) is 0 Å². The van der Waals surface area contributed by atoms with Crippen LogP contribution in [0.5, 0.6) is 0 Å². The maximum absolute atomic E-state index is 12.2. The van der Waals surface area contributed by atoms with Gasteiger partial charge in [-0.3, -0.25) is 4.79 Å². The Hall–Kier alpha value is -1.65. The molecule has 1 amide bonds. The fourth-order valence-electron chi connectivity index (χ4n) is 2.31. The number of rotatable bonds is 6. The molecule has 1 aromatic carbocycles. The Bertz CT molecular complexity index is 579. The van der Waals surface area contributed by atoms with Crippen molar-refractivity contribution < 1.29 is 9.90 Å².